The fourth-order valence-corrected chi connectivity index (χ4v) is 2.73. The fraction of sp³-hybridized carbons (Fsp3) is 0.400. The van der Waals surface area contributed by atoms with Crippen molar-refractivity contribution in [3.05, 3.63) is 28.0 Å². The monoisotopic (exact) mass is 224 g/mol. The molecule has 1 aromatic heterocycles. The van der Waals surface area contributed by atoms with Crippen molar-refractivity contribution in [1.82, 2.24) is 4.98 Å². The molecule has 0 bridgehead atoms. The number of hydrogen-bond acceptors (Lipinski definition) is 3. The highest BCUT2D eigenvalue weighted by molar-refractivity contribution is 8.00. The molecule has 2 nitrogen and oxygen atoms in total. The van der Waals surface area contributed by atoms with Gasteiger partial charge in [0.05, 0.1) is 11.8 Å². The smallest absolute Gasteiger partial charge is 0.142 e. The first kappa shape index (κ1) is 9.82. The Morgan fingerprint density at radius 2 is 2.43 bits per heavy atom. The van der Waals surface area contributed by atoms with Gasteiger partial charge in [0, 0.05) is 5.75 Å². The number of nitriles is 1. The molecule has 0 aromatic carbocycles. The van der Waals surface area contributed by atoms with Crippen molar-refractivity contribution in [3.8, 4) is 6.07 Å². The predicted octanol–water partition coefficient (Wildman–Crippen LogP) is 3.03. The molecule has 1 aromatic rings. The SMILES string of the molecule is Cc1cc2c(nc1Cl)C(C)(C#N)SC2. The van der Waals surface area contributed by atoms with Gasteiger partial charge in [-0.1, -0.05) is 17.7 Å². The molecule has 0 saturated heterocycles. The topological polar surface area (TPSA) is 36.7 Å². The number of fused-ring (bicyclic) bond motifs is 1. The lowest BCUT2D eigenvalue weighted by atomic mass is 10.0. The summed E-state index contributed by atoms with van der Waals surface area (Å²) in [7, 11) is 0. The van der Waals surface area contributed by atoms with E-state index in [4.69, 9.17) is 16.9 Å². The van der Waals surface area contributed by atoms with Crippen molar-refractivity contribution in [2.75, 3.05) is 0 Å². The molecule has 0 saturated carbocycles. The van der Waals surface area contributed by atoms with Crippen molar-refractivity contribution < 1.29 is 0 Å². The van der Waals surface area contributed by atoms with Crippen LogP contribution < -0.4 is 0 Å². The summed E-state index contributed by atoms with van der Waals surface area (Å²) in [5, 5.41) is 9.59. The van der Waals surface area contributed by atoms with Gasteiger partial charge in [-0.2, -0.15) is 5.26 Å². The fourth-order valence-electron chi connectivity index (χ4n) is 1.55. The van der Waals surface area contributed by atoms with E-state index in [1.807, 2.05) is 19.9 Å². The highest BCUT2D eigenvalue weighted by Crippen LogP contribution is 2.46. The number of nitrogens with zero attached hydrogens (tertiary/aromatic N) is 2. The minimum atomic E-state index is -0.521. The van der Waals surface area contributed by atoms with E-state index < -0.39 is 4.75 Å². The maximum atomic E-state index is 9.08. The van der Waals surface area contributed by atoms with Crippen LogP contribution in [0.1, 0.15) is 23.7 Å². The summed E-state index contributed by atoms with van der Waals surface area (Å²) in [6, 6.07) is 4.31. The molecular formula is C10H9ClN2S. The first-order chi connectivity index (χ1) is 6.57. The largest absolute Gasteiger partial charge is 0.238 e. The standard InChI is InChI=1S/C10H9ClN2S/c1-6-3-7-4-14-10(2,5-12)8(7)13-9(6)11/h3H,4H2,1-2H3. The van der Waals surface area contributed by atoms with Gasteiger partial charge in [-0.05, 0) is 25.0 Å². The number of halogens is 1. The average molecular weight is 225 g/mol. The highest BCUT2D eigenvalue weighted by atomic mass is 35.5. The van der Waals surface area contributed by atoms with Crippen molar-refractivity contribution >= 4 is 23.4 Å². The summed E-state index contributed by atoms with van der Waals surface area (Å²) >= 11 is 7.56. The number of pyridine rings is 1. The van der Waals surface area contributed by atoms with E-state index >= 15 is 0 Å². The van der Waals surface area contributed by atoms with E-state index in [0.717, 1.165) is 22.6 Å². The van der Waals surface area contributed by atoms with Crippen molar-refractivity contribution in [3.63, 3.8) is 0 Å². The van der Waals surface area contributed by atoms with Gasteiger partial charge in [-0.3, -0.25) is 0 Å². The Bertz CT molecular complexity index is 438. The number of aromatic nitrogens is 1. The lowest BCUT2D eigenvalue weighted by Gasteiger charge is -2.13. The normalized spacial score (nSPS) is 24.4. The van der Waals surface area contributed by atoms with Crippen LogP contribution in [0.4, 0.5) is 0 Å². The van der Waals surface area contributed by atoms with E-state index in [1.165, 1.54) is 0 Å². The molecule has 2 heterocycles. The van der Waals surface area contributed by atoms with E-state index in [1.54, 1.807) is 11.8 Å². The van der Waals surface area contributed by atoms with Crippen molar-refractivity contribution in [2.45, 2.75) is 24.3 Å². The molecule has 14 heavy (non-hydrogen) atoms. The molecule has 1 aliphatic heterocycles. The molecule has 1 atom stereocenters. The molecule has 2 rings (SSSR count). The van der Waals surface area contributed by atoms with E-state index in [-0.39, 0.29) is 0 Å². The van der Waals surface area contributed by atoms with Gasteiger partial charge in [0.15, 0.2) is 0 Å². The molecule has 0 aliphatic carbocycles. The number of rotatable bonds is 0. The van der Waals surface area contributed by atoms with Gasteiger partial charge < -0.3 is 0 Å². The van der Waals surface area contributed by atoms with Crippen LogP contribution in [-0.2, 0) is 10.5 Å². The molecule has 1 aliphatic rings. The Morgan fingerprint density at radius 3 is 3.07 bits per heavy atom. The van der Waals surface area contributed by atoms with Crippen LogP contribution in [0, 0.1) is 18.3 Å². The molecule has 0 radical (unpaired) electrons. The van der Waals surface area contributed by atoms with Crippen LogP contribution in [0.15, 0.2) is 6.07 Å². The van der Waals surface area contributed by atoms with Crippen LogP contribution in [0.25, 0.3) is 0 Å². The van der Waals surface area contributed by atoms with Gasteiger partial charge in [0.1, 0.15) is 9.90 Å². The van der Waals surface area contributed by atoms with Gasteiger partial charge in [-0.25, -0.2) is 4.98 Å². The maximum absolute atomic E-state index is 9.08. The number of hydrogen-bond donors (Lipinski definition) is 0. The first-order valence-electron chi connectivity index (χ1n) is 4.28. The zero-order valence-electron chi connectivity index (χ0n) is 7.97. The van der Waals surface area contributed by atoms with Gasteiger partial charge in [0.2, 0.25) is 0 Å². The van der Waals surface area contributed by atoms with Gasteiger partial charge in [-0.15, -0.1) is 11.8 Å². The predicted molar refractivity (Wildman–Crippen MR) is 58.2 cm³/mol. The minimum Gasteiger partial charge on any atom is -0.238 e. The summed E-state index contributed by atoms with van der Waals surface area (Å²) in [5.74, 6) is 0.852. The third-order valence-electron chi connectivity index (χ3n) is 2.41. The maximum Gasteiger partial charge on any atom is 0.142 e. The van der Waals surface area contributed by atoms with Crippen LogP contribution in [-0.4, -0.2) is 4.98 Å². The first-order valence-corrected chi connectivity index (χ1v) is 5.65. The van der Waals surface area contributed by atoms with Gasteiger partial charge in [0.25, 0.3) is 0 Å². The van der Waals surface area contributed by atoms with Crippen molar-refractivity contribution in [2.24, 2.45) is 0 Å². The lowest BCUT2D eigenvalue weighted by Crippen LogP contribution is -2.13. The quantitative estimate of drug-likeness (QED) is 0.636. The second-order valence-electron chi connectivity index (χ2n) is 3.54. The Labute approximate surface area is 92.3 Å². The second-order valence-corrected chi connectivity index (χ2v) is 5.29. The van der Waals surface area contributed by atoms with Gasteiger partial charge >= 0.3 is 0 Å². The molecule has 4 heteroatoms. The Balaban J connectivity index is 2.63. The third kappa shape index (κ3) is 1.30. The average Bonchev–Trinajstić information content (AvgIpc) is 2.47. The van der Waals surface area contributed by atoms with E-state index in [2.05, 4.69) is 11.1 Å². The Kier molecular flexibility index (Phi) is 2.21. The summed E-state index contributed by atoms with van der Waals surface area (Å²) in [5.41, 5.74) is 2.95. The summed E-state index contributed by atoms with van der Waals surface area (Å²) in [6.07, 6.45) is 0. The van der Waals surface area contributed by atoms with E-state index in [0.29, 0.717) is 5.15 Å². The molecule has 0 fully saturated rings. The number of aryl methyl sites for hydroxylation is 1. The van der Waals surface area contributed by atoms with Crippen LogP contribution in [0.2, 0.25) is 5.15 Å². The zero-order chi connectivity index (χ0) is 10.3. The Morgan fingerprint density at radius 1 is 1.71 bits per heavy atom. The lowest BCUT2D eigenvalue weighted by molar-refractivity contribution is 0.854. The van der Waals surface area contributed by atoms with Crippen LogP contribution in [0.5, 0.6) is 0 Å². The molecule has 0 N–H and O–H groups in total. The van der Waals surface area contributed by atoms with E-state index in [9.17, 15) is 0 Å². The summed E-state index contributed by atoms with van der Waals surface area (Å²) in [6.45, 7) is 3.82. The molecule has 72 valence electrons. The number of thioether (sulfide) groups is 1. The third-order valence-corrected chi connectivity index (χ3v) is 4.11. The summed E-state index contributed by atoms with van der Waals surface area (Å²) < 4.78 is -0.521. The highest BCUT2D eigenvalue weighted by Gasteiger charge is 2.37. The molecule has 0 amide bonds. The molecule has 0 spiro atoms. The molecule has 1 unspecified atom stereocenters. The second kappa shape index (κ2) is 3.15. The minimum absolute atomic E-state index is 0.507. The van der Waals surface area contributed by atoms with Crippen LogP contribution in [0.3, 0.4) is 0 Å². The van der Waals surface area contributed by atoms with Crippen molar-refractivity contribution in [1.29, 1.82) is 5.26 Å². The Hall–Kier alpha value is -0.720. The van der Waals surface area contributed by atoms with Crippen LogP contribution >= 0.6 is 23.4 Å². The molecular weight excluding hydrogens is 216 g/mol. The summed E-state index contributed by atoms with van der Waals surface area (Å²) in [4.78, 5) is 4.30. The zero-order valence-corrected chi connectivity index (χ0v) is 9.54.